The highest BCUT2D eigenvalue weighted by atomic mass is 19.1. The van der Waals surface area contributed by atoms with Crippen molar-refractivity contribution in [3.63, 3.8) is 0 Å². The number of aromatic nitrogens is 2. The predicted molar refractivity (Wildman–Crippen MR) is 90.8 cm³/mol. The highest BCUT2D eigenvalue weighted by molar-refractivity contribution is 5.62. The quantitative estimate of drug-likeness (QED) is 0.740. The van der Waals surface area contributed by atoms with Crippen molar-refractivity contribution in [3.8, 4) is 0 Å². The van der Waals surface area contributed by atoms with Crippen LogP contribution in [0.3, 0.4) is 0 Å². The summed E-state index contributed by atoms with van der Waals surface area (Å²) in [6.45, 7) is 2.69. The molecule has 122 valence electrons. The van der Waals surface area contributed by atoms with E-state index >= 15 is 0 Å². The van der Waals surface area contributed by atoms with Gasteiger partial charge in [-0.15, -0.1) is 0 Å². The first-order valence-electron chi connectivity index (χ1n) is 7.55. The highest BCUT2D eigenvalue weighted by Gasteiger charge is 2.12. The Morgan fingerprint density at radius 1 is 0.958 bits per heavy atom. The number of hydrogen-bond acceptors (Lipinski definition) is 4. The third-order valence-electron chi connectivity index (χ3n) is 3.50. The lowest BCUT2D eigenvalue weighted by molar-refractivity contribution is 0.590. The first-order valence-corrected chi connectivity index (χ1v) is 7.55. The normalized spacial score (nSPS) is 10.5. The molecule has 1 N–H and O–H groups in total. The number of nitrogens with one attached hydrogen (secondary N) is 1. The van der Waals surface area contributed by atoms with E-state index in [0.29, 0.717) is 12.4 Å². The van der Waals surface area contributed by atoms with Crippen LogP contribution in [0.2, 0.25) is 0 Å². The molecule has 2 aromatic carbocycles. The van der Waals surface area contributed by atoms with Gasteiger partial charge in [-0.25, -0.2) is 13.8 Å². The summed E-state index contributed by atoms with van der Waals surface area (Å²) < 4.78 is 27.5. The number of para-hydroxylation sites is 2. The first kappa shape index (κ1) is 15.9. The molecule has 0 bridgehead atoms. The van der Waals surface area contributed by atoms with Crippen LogP contribution in [0.5, 0.6) is 0 Å². The summed E-state index contributed by atoms with van der Waals surface area (Å²) in [5, 5.41) is 2.61. The van der Waals surface area contributed by atoms with Crippen molar-refractivity contribution in [2.24, 2.45) is 0 Å². The second kappa shape index (κ2) is 7.04. The third kappa shape index (κ3) is 3.32. The molecule has 0 aliphatic carbocycles. The minimum absolute atomic E-state index is 0.130. The number of benzene rings is 2. The lowest BCUT2D eigenvalue weighted by Gasteiger charge is -2.22. The van der Waals surface area contributed by atoms with Gasteiger partial charge in [-0.2, -0.15) is 4.98 Å². The molecule has 0 saturated heterocycles. The Labute approximate surface area is 138 Å². The first-order chi connectivity index (χ1) is 11.7. The maximum Gasteiger partial charge on any atom is 0.229 e. The standard InChI is InChI=1S/C18H16F2N4/c1-2-24(13-7-4-3-5-8-13)16-11-12-21-18(22-16)23-17-14(19)9-6-10-15(17)20/h3-12H,2H2,1H3,(H,21,22,23). The van der Waals surface area contributed by atoms with Gasteiger partial charge in [-0.05, 0) is 37.3 Å². The van der Waals surface area contributed by atoms with E-state index in [4.69, 9.17) is 0 Å². The average Bonchev–Trinajstić information content (AvgIpc) is 2.60. The lowest BCUT2D eigenvalue weighted by atomic mass is 10.3. The second-order valence-electron chi connectivity index (χ2n) is 5.04. The molecule has 1 heterocycles. The van der Waals surface area contributed by atoms with Crippen LogP contribution in [0.25, 0.3) is 0 Å². The summed E-state index contributed by atoms with van der Waals surface area (Å²) in [4.78, 5) is 10.4. The Kier molecular flexibility index (Phi) is 4.65. The van der Waals surface area contributed by atoms with Gasteiger partial charge in [0.2, 0.25) is 5.95 Å². The van der Waals surface area contributed by atoms with E-state index in [9.17, 15) is 8.78 Å². The number of halogens is 2. The van der Waals surface area contributed by atoms with Gasteiger partial charge in [-0.1, -0.05) is 24.3 Å². The van der Waals surface area contributed by atoms with Crippen LogP contribution in [0, 0.1) is 11.6 Å². The molecule has 4 nitrogen and oxygen atoms in total. The fraction of sp³-hybridized carbons (Fsp3) is 0.111. The highest BCUT2D eigenvalue weighted by Crippen LogP contribution is 2.25. The van der Waals surface area contributed by atoms with Gasteiger partial charge in [0.25, 0.3) is 0 Å². The van der Waals surface area contributed by atoms with Crippen molar-refractivity contribution in [2.75, 3.05) is 16.8 Å². The Bertz CT molecular complexity index is 804. The molecule has 3 aromatic rings. The molecular formula is C18H16F2N4. The Morgan fingerprint density at radius 3 is 2.33 bits per heavy atom. The summed E-state index contributed by atoms with van der Waals surface area (Å²) >= 11 is 0. The molecule has 0 saturated carbocycles. The van der Waals surface area contributed by atoms with Crippen LogP contribution >= 0.6 is 0 Å². The Morgan fingerprint density at radius 2 is 1.67 bits per heavy atom. The maximum absolute atomic E-state index is 13.8. The molecule has 0 unspecified atom stereocenters. The monoisotopic (exact) mass is 326 g/mol. The van der Waals surface area contributed by atoms with Gasteiger partial charge in [0, 0.05) is 18.4 Å². The van der Waals surface area contributed by atoms with Crippen molar-refractivity contribution in [2.45, 2.75) is 6.92 Å². The van der Waals surface area contributed by atoms with Gasteiger partial charge >= 0.3 is 0 Å². The minimum atomic E-state index is -0.695. The molecule has 0 radical (unpaired) electrons. The van der Waals surface area contributed by atoms with Crippen molar-refractivity contribution < 1.29 is 8.78 Å². The summed E-state index contributed by atoms with van der Waals surface area (Å²) in [6.07, 6.45) is 1.55. The largest absolute Gasteiger partial charge is 0.327 e. The molecule has 0 fully saturated rings. The molecule has 24 heavy (non-hydrogen) atoms. The lowest BCUT2D eigenvalue weighted by Crippen LogP contribution is -2.18. The SMILES string of the molecule is CCN(c1ccccc1)c1ccnc(Nc2c(F)cccc2F)n1. The van der Waals surface area contributed by atoms with Crippen LogP contribution in [0.1, 0.15) is 6.92 Å². The molecule has 1 aromatic heterocycles. The van der Waals surface area contributed by atoms with E-state index in [1.165, 1.54) is 18.2 Å². The molecule has 3 rings (SSSR count). The van der Waals surface area contributed by atoms with Gasteiger partial charge in [0.15, 0.2) is 0 Å². The molecule has 0 aliphatic rings. The van der Waals surface area contributed by atoms with Crippen LogP contribution in [0.15, 0.2) is 60.8 Å². The number of rotatable bonds is 5. The molecule has 0 amide bonds. The summed E-state index contributed by atoms with van der Waals surface area (Å²) in [5.74, 6) is -0.623. The van der Waals surface area contributed by atoms with E-state index in [2.05, 4.69) is 15.3 Å². The molecular weight excluding hydrogens is 310 g/mol. The zero-order chi connectivity index (χ0) is 16.9. The fourth-order valence-electron chi connectivity index (χ4n) is 2.37. The van der Waals surface area contributed by atoms with Gasteiger partial charge in [0.05, 0.1) is 0 Å². The van der Waals surface area contributed by atoms with Gasteiger partial charge in [0.1, 0.15) is 23.1 Å². The predicted octanol–water partition coefficient (Wildman–Crippen LogP) is 4.66. The van der Waals surface area contributed by atoms with Crippen LogP contribution in [-0.2, 0) is 0 Å². The summed E-state index contributed by atoms with van der Waals surface area (Å²) in [6, 6.07) is 15.2. The smallest absolute Gasteiger partial charge is 0.229 e. The zero-order valence-electron chi connectivity index (χ0n) is 13.1. The topological polar surface area (TPSA) is 41.1 Å². The summed E-state index contributed by atoms with van der Waals surface area (Å²) in [7, 11) is 0. The van der Waals surface area contributed by atoms with Gasteiger partial charge in [-0.3, -0.25) is 0 Å². The average molecular weight is 326 g/mol. The van der Waals surface area contributed by atoms with E-state index in [1.807, 2.05) is 42.2 Å². The van der Waals surface area contributed by atoms with Gasteiger partial charge < -0.3 is 10.2 Å². The Hall–Kier alpha value is -3.02. The molecule has 0 aliphatic heterocycles. The van der Waals surface area contributed by atoms with E-state index in [0.717, 1.165) is 5.69 Å². The van der Waals surface area contributed by atoms with Crippen molar-refractivity contribution in [1.29, 1.82) is 0 Å². The number of nitrogens with zero attached hydrogens (tertiary/aromatic N) is 3. The number of hydrogen-bond donors (Lipinski definition) is 1. The Balaban J connectivity index is 1.92. The third-order valence-corrected chi connectivity index (χ3v) is 3.50. The van der Waals surface area contributed by atoms with Crippen LogP contribution in [0.4, 0.5) is 31.9 Å². The summed E-state index contributed by atoms with van der Waals surface area (Å²) in [5.41, 5.74) is 0.708. The molecule has 6 heteroatoms. The van der Waals surface area contributed by atoms with E-state index in [1.54, 1.807) is 12.3 Å². The van der Waals surface area contributed by atoms with E-state index in [-0.39, 0.29) is 11.6 Å². The van der Waals surface area contributed by atoms with Crippen molar-refractivity contribution >= 4 is 23.1 Å². The van der Waals surface area contributed by atoms with Crippen molar-refractivity contribution in [3.05, 3.63) is 72.4 Å². The minimum Gasteiger partial charge on any atom is -0.327 e. The van der Waals surface area contributed by atoms with E-state index < -0.39 is 11.6 Å². The second-order valence-corrected chi connectivity index (χ2v) is 5.04. The fourth-order valence-corrected chi connectivity index (χ4v) is 2.37. The maximum atomic E-state index is 13.8. The molecule has 0 atom stereocenters. The number of anilines is 4. The van der Waals surface area contributed by atoms with Crippen molar-refractivity contribution in [1.82, 2.24) is 9.97 Å². The van der Waals surface area contributed by atoms with Crippen LogP contribution < -0.4 is 10.2 Å². The zero-order valence-corrected chi connectivity index (χ0v) is 13.1. The molecule has 0 spiro atoms. The van der Waals surface area contributed by atoms with Crippen LogP contribution in [-0.4, -0.2) is 16.5 Å².